The van der Waals surface area contributed by atoms with E-state index in [-0.39, 0.29) is 23.6 Å². The third kappa shape index (κ3) is 10.6. The number of ether oxygens (including phenoxy) is 1. The molecule has 0 bridgehead atoms. The van der Waals surface area contributed by atoms with Gasteiger partial charge in [-0.15, -0.1) is 0 Å². The molecule has 224 valence electrons. The average molecular weight is 588 g/mol. The third-order valence-electron chi connectivity index (χ3n) is 6.32. The van der Waals surface area contributed by atoms with Crippen molar-refractivity contribution in [3.05, 3.63) is 29.6 Å². The van der Waals surface area contributed by atoms with E-state index in [0.717, 1.165) is 43.7 Å². The number of nitrogens with zero attached hydrogens (tertiary/aromatic N) is 4. The highest BCUT2D eigenvalue weighted by atomic mass is 32.1. The number of aliphatic carboxylic acids is 1. The largest absolute Gasteiger partial charge is 0.481 e. The second-order valence-electron chi connectivity index (χ2n) is 10.7. The van der Waals surface area contributed by atoms with Crippen LogP contribution in [-0.4, -0.2) is 70.6 Å². The van der Waals surface area contributed by atoms with Gasteiger partial charge in [0.05, 0.1) is 23.9 Å². The van der Waals surface area contributed by atoms with Gasteiger partial charge in [0.15, 0.2) is 0 Å². The Morgan fingerprint density at radius 3 is 2.38 bits per heavy atom. The Balaban J connectivity index is 0.000000840. The van der Waals surface area contributed by atoms with Gasteiger partial charge >= 0.3 is 12.1 Å². The molecule has 40 heavy (non-hydrogen) atoms. The van der Waals surface area contributed by atoms with Crippen molar-refractivity contribution in [1.29, 1.82) is 0 Å². The Kier molecular flexibility index (Phi) is 12.6. The van der Waals surface area contributed by atoms with Crippen molar-refractivity contribution in [3.8, 4) is 0 Å². The van der Waals surface area contributed by atoms with Gasteiger partial charge in [-0.05, 0) is 76.4 Å². The maximum atomic E-state index is 13.0. The summed E-state index contributed by atoms with van der Waals surface area (Å²) in [6.45, 7) is 12.9. The summed E-state index contributed by atoms with van der Waals surface area (Å²) in [4.78, 5) is 28.9. The molecule has 1 saturated heterocycles. The summed E-state index contributed by atoms with van der Waals surface area (Å²) >= 11 is 0.655. The van der Waals surface area contributed by atoms with Crippen molar-refractivity contribution >= 4 is 40.5 Å². The summed E-state index contributed by atoms with van der Waals surface area (Å²) in [6, 6.07) is 5.99. The van der Waals surface area contributed by atoms with Crippen molar-refractivity contribution in [2.75, 3.05) is 36.9 Å². The van der Waals surface area contributed by atoms with E-state index < -0.39 is 18.0 Å². The minimum absolute atomic E-state index is 0.0301. The number of likely N-dealkylation sites (tertiary alicyclic amines) is 1. The molecule has 0 radical (unpaired) electrons. The molecule has 1 aromatic carbocycles. The summed E-state index contributed by atoms with van der Waals surface area (Å²) in [7, 11) is 2.10. The molecule has 3 rings (SSSR count). The molecule has 0 aliphatic carbocycles. The van der Waals surface area contributed by atoms with E-state index in [4.69, 9.17) is 0 Å². The Morgan fingerprint density at radius 1 is 1.25 bits per heavy atom. The lowest BCUT2D eigenvalue weighted by molar-refractivity contribution is -0.144. The van der Waals surface area contributed by atoms with E-state index in [1.807, 2.05) is 25.1 Å². The van der Waals surface area contributed by atoms with Crippen LogP contribution in [0, 0.1) is 5.92 Å². The van der Waals surface area contributed by atoms with Crippen LogP contribution in [0.4, 0.5) is 29.7 Å². The zero-order valence-corrected chi connectivity index (χ0v) is 24.7. The maximum absolute atomic E-state index is 13.0. The van der Waals surface area contributed by atoms with Crippen LogP contribution in [-0.2, 0) is 20.5 Å². The first-order valence-corrected chi connectivity index (χ1v) is 14.1. The van der Waals surface area contributed by atoms with Gasteiger partial charge in [0.2, 0.25) is 11.0 Å². The zero-order chi connectivity index (χ0) is 30.0. The fraction of sp³-hybridized carbons (Fsp3) is 0.630. The molecule has 1 aliphatic rings. The molecule has 13 heteroatoms. The van der Waals surface area contributed by atoms with Crippen LogP contribution >= 0.6 is 11.5 Å². The van der Waals surface area contributed by atoms with E-state index in [1.54, 1.807) is 13.8 Å². The predicted octanol–water partition coefficient (Wildman–Crippen LogP) is 6.00. The number of carboxylic acids is 1. The van der Waals surface area contributed by atoms with E-state index in [2.05, 4.69) is 50.1 Å². The average Bonchev–Trinajstić information content (AvgIpc) is 3.32. The van der Waals surface area contributed by atoms with Gasteiger partial charge < -0.3 is 25.0 Å². The normalized spacial score (nSPS) is 15.4. The molecular formula is C27H40F3N5O4S. The van der Waals surface area contributed by atoms with Gasteiger partial charge in [0.1, 0.15) is 0 Å². The monoisotopic (exact) mass is 587 g/mol. The Bertz CT molecular complexity index is 1090. The minimum atomic E-state index is -4.62. The molecule has 1 atom stereocenters. The number of carbonyl (C=O) groups excluding carboxylic acids is 1. The SMILES string of the molecule is CC(C)CN(c1ccc(C(C)CC(=O)O)cc1Nc1nc(C(F)(F)F)ns1)C1CCN(C)CC1.CC(C)OC=O. The first kappa shape index (κ1) is 33.3. The van der Waals surface area contributed by atoms with E-state index in [0.29, 0.717) is 35.7 Å². The Labute approximate surface area is 237 Å². The number of hydrogen-bond acceptors (Lipinski definition) is 9. The highest BCUT2D eigenvalue weighted by molar-refractivity contribution is 7.09. The Hall–Kier alpha value is -2.93. The first-order valence-electron chi connectivity index (χ1n) is 13.3. The van der Waals surface area contributed by atoms with Crippen molar-refractivity contribution in [2.24, 2.45) is 5.92 Å². The number of anilines is 3. The zero-order valence-electron chi connectivity index (χ0n) is 23.9. The van der Waals surface area contributed by atoms with Crippen LogP contribution < -0.4 is 10.2 Å². The summed E-state index contributed by atoms with van der Waals surface area (Å²) in [5.74, 6) is -1.96. The quantitative estimate of drug-likeness (QED) is 0.306. The number of nitrogens with one attached hydrogen (secondary N) is 1. The minimum Gasteiger partial charge on any atom is -0.481 e. The molecule has 0 amide bonds. The van der Waals surface area contributed by atoms with Crippen LogP contribution in [0.3, 0.4) is 0 Å². The van der Waals surface area contributed by atoms with Gasteiger partial charge in [-0.2, -0.15) is 22.5 Å². The molecule has 2 aromatic rings. The molecule has 0 spiro atoms. The molecule has 9 nitrogen and oxygen atoms in total. The molecule has 1 aliphatic heterocycles. The standard InChI is InChI=1S/C23H32F3N5O2S.C4H8O2/c1-14(2)13-31(17-7-9-30(4)10-8-17)19-6-5-16(15(3)11-20(32)33)12-18(19)27-22-28-21(29-34-22)23(24,25)26;1-4(2)6-3-5/h5-6,12,14-15,17H,7-11,13H2,1-4H3,(H,32,33)(H,27,28,29);3-4H,1-2H3. The molecule has 2 N–H and O–H groups in total. The van der Waals surface area contributed by atoms with Crippen LogP contribution in [0.1, 0.15) is 71.2 Å². The molecule has 2 heterocycles. The molecule has 1 unspecified atom stereocenters. The van der Waals surface area contributed by atoms with Gasteiger partial charge in [-0.3, -0.25) is 9.59 Å². The second-order valence-corrected chi connectivity index (χ2v) is 11.4. The van der Waals surface area contributed by atoms with Crippen molar-refractivity contribution in [1.82, 2.24) is 14.3 Å². The number of rotatable bonds is 11. The number of alkyl halides is 3. The number of carbonyl (C=O) groups is 2. The smallest absolute Gasteiger partial charge is 0.452 e. The van der Waals surface area contributed by atoms with Gasteiger partial charge in [0.25, 0.3) is 6.47 Å². The van der Waals surface area contributed by atoms with Crippen molar-refractivity contribution in [2.45, 2.75) is 78.1 Å². The van der Waals surface area contributed by atoms with Crippen LogP contribution in [0.25, 0.3) is 0 Å². The van der Waals surface area contributed by atoms with Crippen LogP contribution in [0.15, 0.2) is 18.2 Å². The van der Waals surface area contributed by atoms with Crippen LogP contribution in [0.2, 0.25) is 0 Å². The number of carboxylic acid groups (broad SMARTS) is 1. The second kappa shape index (κ2) is 15.2. The highest BCUT2D eigenvalue weighted by Crippen LogP contribution is 2.37. The number of benzene rings is 1. The molecule has 0 saturated carbocycles. The topological polar surface area (TPSA) is 108 Å². The van der Waals surface area contributed by atoms with Crippen molar-refractivity contribution in [3.63, 3.8) is 0 Å². The lowest BCUT2D eigenvalue weighted by Crippen LogP contribution is -2.45. The fourth-order valence-electron chi connectivity index (χ4n) is 4.35. The summed E-state index contributed by atoms with van der Waals surface area (Å²) in [5.41, 5.74) is 2.28. The lowest BCUT2D eigenvalue weighted by Gasteiger charge is -2.40. The third-order valence-corrected chi connectivity index (χ3v) is 6.95. The van der Waals surface area contributed by atoms with E-state index in [1.165, 1.54) is 0 Å². The van der Waals surface area contributed by atoms with Crippen LogP contribution in [0.5, 0.6) is 0 Å². The summed E-state index contributed by atoms with van der Waals surface area (Å²) in [6.07, 6.45) is -2.66. The van der Waals surface area contributed by atoms with Gasteiger partial charge in [-0.25, -0.2) is 0 Å². The number of piperidine rings is 1. The predicted molar refractivity (Wildman–Crippen MR) is 150 cm³/mol. The lowest BCUT2D eigenvalue weighted by atomic mass is 9.95. The van der Waals surface area contributed by atoms with E-state index in [9.17, 15) is 27.9 Å². The van der Waals surface area contributed by atoms with Gasteiger partial charge in [0, 0.05) is 24.1 Å². The number of hydrogen-bond donors (Lipinski definition) is 2. The number of aromatic nitrogens is 2. The molecule has 1 aromatic heterocycles. The number of halogens is 3. The molecule has 1 fully saturated rings. The summed E-state index contributed by atoms with van der Waals surface area (Å²) < 4.78 is 46.9. The fourth-order valence-corrected chi connectivity index (χ4v) is 4.95. The first-order chi connectivity index (χ1) is 18.7. The molecular weight excluding hydrogens is 547 g/mol. The highest BCUT2D eigenvalue weighted by Gasteiger charge is 2.36. The maximum Gasteiger partial charge on any atom is 0.452 e. The van der Waals surface area contributed by atoms with E-state index >= 15 is 0 Å². The van der Waals surface area contributed by atoms with Crippen molar-refractivity contribution < 1.29 is 32.6 Å². The Morgan fingerprint density at radius 2 is 1.90 bits per heavy atom. The summed E-state index contributed by atoms with van der Waals surface area (Å²) in [5, 5.41) is 12.3. The van der Waals surface area contributed by atoms with Gasteiger partial charge in [-0.1, -0.05) is 26.8 Å².